The van der Waals surface area contributed by atoms with E-state index in [0.29, 0.717) is 30.9 Å². The molecule has 4 rings (SSSR count). The van der Waals surface area contributed by atoms with E-state index in [9.17, 15) is 13.2 Å². The number of sulfonamides is 1. The number of hydrogen-bond acceptors (Lipinski definition) is 3. The number of benzene rings is 2. The maximum Gasteiger partial charge on any atom is 0.265 e. The summed E-state index contributed by atoms with van der Waals surface area (Å²) < 4.78 is 27.9. The third-order valence-corrected chi connectivity index (χ3v) is 7.23. The second-order valence-electron chi connectivity index (χ2n) is 6.57. The molecular weight excluding hydrogens is 372 g/mol. The quantitative estimate of drug-likeness (QED) is 0.804. The van der Waals surface area contributed by atoms with E-state index in [1.807, 2.05) is 24.3 Å². The number of para-hydroxylation sites is 1. The topological polar surface area (TPSA) is 57.7 Å². The first-order chi connectivity index (χ1) is 12.5. The van der Waals surface area contributed by atoms with E-state index in [1.54, 1.807) is 17.0 Å². The van der Waals surface area contributed by atoms with Gasteiger partial charge in [0.05, 0.1) is 10.7 Å². The molecule has 26 heavy (non-hydrogen) atoms. The van der Waals surface area contributed by atoms with Crippen molar-refractivity contribution in [2.24, 2.45) is 0 Å². The van der Waals surface area contributed by atoms with Crippen molar-refractivity contribution in [3.05, 3.63) is 53.1 Å². The molecule has 5 nitrogen and oxygen atoms in total. The molecule has 2 aliphatic rings. The number of halogens is 1. The Kier molecular flexibility index (Phi) is 4.40. The molecule has 0 aromatic heterocycles. The van der Waals surface area contributed by atoms with Crippen LogP contribution in [0.3, 0.4) is 0 Å². The Hall–Kier alpha value is -2.05. The molecule has 0 N–H and O–H groups in total. The number of carbonyl (C=O) groups excluding carboxylic acids is 1. The largest absolute Gasteiger partial charge is 0.312 e. The fraction of sp³-hybridized carbons (Fsp3) is 0.316. The minimum atomic E-state index is -3.76. The van der Waals surface area contributed by atoms with Gasteiger partial charge in [-0.05, 0) is 49.1 Å². The SMILES string of the molecule is O=C1CCCN1c1ccc(S(=O)(=O)N2CCCc3ccccc32)c(Cl)c1. The summed E-state index contributed by atoms with van der Waals surface area (Å²) in [6, 6.07) is 12.3. The number of aryl methyl sites for hydroxylation is 1. The van der Waals surface area contributed by atoms with Crippen LogP contribution in [-0.2, 0) is 21.2 Å². The Morgan fingerprint density at radius 1 is 0.962 bits per heavy atom. The molecule has 0 saturated carbocycles. The molecule has 0 atom stereocenters. The highest BCUT2D eigenvalue weighted by atomic mass is 35.5. The van der Waals surface area contributed by atoms with Crippen molar-refractivity contribution in [2.75, 3.05) is 22.3 Å². The first-order valence-electron chi connectivity index (χ1n) is 8.69. The van der Waals surface area contributed by atoms with E-state index in [4.69, 9.17) is 11.6 Å². The molecule has 7 heteroatoms. The molecule has 0 spiro atoms. The first-order valence-corrected chi connectivity index (χ1v) is 10.5. The zero-order valence-corrected chi connectivity index (χ0v) is 15.8. The lowest BCUT2D eigenvalue weighted by Gasteiger charge is -2.30. The van der Waals surface area contributed by atoms with Gasteiger partial charge in [0.1, 0.15) is 4.90 Å². The molecule has 2 heterocycles. The van der Waals surface area contributed by atoms with Gasteiger partial charge in [0.25, 0.3) is 10.0 Å². The molecule has 0 unspecified atom stereocenters. The smallest absolute Gasteiger partial charge is 0.265 e. The van der Waals surface area contributed by atoms with Gasteiger partial charge in [0, 0.05) is 25.2 Å². The van der Waals surface area contributed by atoms with Gasteiger partial charge < -0.3 is 4.90 Å². The lowest BCUT2D eigenvalue weighted by atomic mass is 10.0. The van der Waals surface area contributed by atoms with E-state index in [0.717, 1.165) is 24.8 Å². The van der Waals surface area contributed by atoms with Crippen molar-refractivity contribution >= 4 is 38.9 Å². The van der Waals surface area contributed by atoms with E-state index in [-0.39, 0.29) is 15.8 Å². The molecular formula is C19H19ClN2O3S. The van der Waals surface area contributed by atoms with Crippen LogP contribution in [0.15, 0.2) is 47.4 Å². The Morgan fingerprint density at radius 3 is 2.46 bits per heavy atom. The van der Waals surface area contributed by atoms with Gasteiger partial charge >= 0.3 is 0 Å². The normalized spacial score (nSPS) is 17.5. The van der Waals surface area contributed by atoms with Crippen molar-refractivity contribution in [3.8, 4) is 0 Å². The van der Waals surface area contributed by atoms with Crippen LogP contribution in [-0.4, -0.2) is 27.4 Å². The van der Waals surface area contributed by atoms with Gasteiger partial charge in [-0.1, -0.05) is 29.8 Å². The average molecular weight is 391 g/mol. The Balaban J connectivity index is 1.72. The molecule has 1 fully saturated rings. The number of nitrogens with zero attached hydrogens (tertiary/aromatic N) is 2. The highest BCUT2D eigenvalue weighted by molar-refractivity contribution is 7.93. The van der Waals surface area contributed by atoms with Crippen LogP contribution < -0.4 is 9.21 Å². The van der Waals surface area contributed by atoms with Crippen LogP contribution >= 0.6 is 11.6 Å². The van der Waals surface area contributed by atoms with Gasteiger partial charge in [0.2, 0.25) is 5.91 Å². The molecule has 0 aliphatic carbocycles. The van der Waals surface area contributed by atoms with Crippen LogP contribution in [0.4, 0.5) is 11.4 Å². The fourth-order valence-electron chi connectivity index (χ4n) is 3.66. The monoisotopic (exact) mass is 390 g/mol. The first kappa shape index (κ1) is 17.4. The molecule has 2 aromatic rings. The van der Waals surface area contributed by atoms with E-state index >= 15 is 0 Å². The van der Waals surface area contributed by atoms with Crippen molar-refractivity contribution in [2.45, 2.75) is 30.6 Å². The van der Waals surface area contributed by atoms with Crippen LogP contribution in [0.1, 0.15) is 24.8 Å². The molecule has 2 aliphatic heterocycles. The van der Waals surface area contributed by atoms with E-state index in [1.165, 1.54) is 10.4 Å². The van der Waals surface area contributed by atoms with Crippen LogP contribution in [0.25, 0.3) is 0 Å². The maximum absolute atomic E-state index is 13.2. The summed E-state index contributed by atoms with van der Waals surface area (Å²) in [6.07, 6.45) is 2.96. The van der Waals surface area contributed by atoms with Crippen molar-refractivity contribution in [1.29, 1.82) is 0 Å². The standard InChI is InChI=1S/C19H19ClN2O3S/c20-16-13-15(21-11-4-8-19(21)23)9-10-18(16)26(24,25)22-12-3-6-14-5-1-2-7-17(14)22/h1-2,5,7,9-10,13H,3-4,6,8,11-12H2. The summed E-state index contributed by atoms with van der Waals surface area (Å²) in [5.41, 5.74) is 2.39. The average Bonchev–Trinajstić information content (AvgIpc) is 3.07. The lowest BCUT2D eigenvalue weighted by Crippen LogP contribution is -2.35. The molecule has 1 saturated heterocycles. The Bertz CT molecular complexity index is 974. The van der Waals surface area contributed by atoms with Crippen molar-refractivity contribution < 1.29 is 13.2 Å². The summed E-state index contributed by atoms with van der Waals surface area (Å²) in [4.78, 5) is 13.6. The summed E-state index contributed by atoms with van der Waals surface area (Å²) in [5.74, 6) is 0.0432. The van der Waals surface area contributed by atoms with Crippen molar-refractivity contribution in [3.63, 3.8) is 0 Å². The summed E-state index contributed by atoms with van der Waals surface area (Å²) in [5, 5.41) is 0.144. The number of hydrogen-bond donors (Lipinski definition) is 0. The third kappa shape index (κ3) is 2.87. The zero-order valence-electron chi connectivity index (χ0n) is 14.2. The van der Waals surface area contributed by atoms with Gasteiger partial charge in [-0.25, -0.2) is 8.42 Å². The second kappa shape index (κ2) is 6.59. The minimum absolute atomic E-state index is 0.0432. The molecule has 0 bridgehead atoms. The maximum atomic E-state index is 13.2. The second-order valence-corrected chi connectivity index (χ2v) is 8.81. The van der Waals surface area contributed by atoms with Crippen LogP contribution in [0.2, 0.25) is 5.02 Å². The van der Waals surface area contributed by atoms with Crippen LogP contribution in [0.5, 0.6) is 0 Å². The third-order valence-electron chi connectivity index (χ3n) is 4.94. The highest BCUT2D eigenvalue weighted by Crippen LogP contribution is 2.35. The Labute approximate surface area is 158 Å². The molecule has 2 aromatic carbocycles. The number of amides is 1. The summed E-state index contributed by atoms with van der Waals surface area (Å²) in [7, 11) is -3.76. The van der Waals surface area contributed by atoms with E-state index < -0.39 is 10.0 Å². The predicted molar refractivity (Wildman–Crippen MR) is 102 cm³/mol. The number of carbonyl (C=O) groups is 1. The van der Waals surface area contributed by atoms with Gasteiger partial charge in [-0.2, -0.15) is 0 Å². The Morgan fingerprint density at radius 2 is 1.73 bits per heavy atom. The summed E-state index contributed by atoms with van der Waals surface area (Å²) >= 11 is 6.34. The fourth-order valence-corrected chi connectivity index (χ4v) is 5.71. The van der Waals surface area contributed by atoms with Gasteiger partial charge in [0.15, 0.2) is 0 Å². The number of anilines is 2. The molecule has 1 amide bonds. The lowest BCUT2D eigenvalue weighted by molar-refractivity contribution is -0.117. The molecule has 136 valence electrons. The van der Waals surface area contributed by atoms with Crippen LogP contribution in [0, 0.1) is 0 Å². The number of rotatable bonds is 3. The van der Waals surface area contributed by atoms with Crippen molar-refractivity contribution in [1.82, 2.24) is 0 Å². The minimum Gasteiger partial charge on any atom is -0.312 e. The van der Waals surface area contributed by atoms with E-state index in [2.05, 4.69) is 0 Å². The molecule has 0 radical (unpaired) electrons. The summed E-state index contributed by atoms with van der Waals surface area (Å²) in [6.45, 7) is 1.07. The highest BCUT2D eigenvalue weighted by Gasteiger charge is 2.31. The zero-order chi connectivity index (χ0) is 18.3. The van der Waals surface area contributed by atoms with Gasteiger partial charge in [-0.3, -0.25) is 9.10 Å². The van der Waals surface area contributed by atoms with Gasteiger partial charge in [-0.15, -0.1) is 0 Å². The predicted octanol–water partition coefficient (Wildman–Crippen LogP) is 3.61. The number of fused-ring (bicyclic) bond motifs is 1.